The normalized spacial score (nSPS) is 14.2. The fourth-order valence-corrected chi connectivity index (χ4v) is 2.04. The topological polar surface area (TPSA) is 76.6 Å². The summed E-state index contributed by atoms with van der Waals surface area (Å²) in [6, 6.07) is 0. The summed E-state index contributed by atoms with van der Waals surface area (Å²) in [7, 11) is 1.90. The monoisotopic (exact) mass is 308 g/mol. The van der Waals surface area contributed by atoms with Gasteiger partial charge in [0.05, 0.1) is 18.9 Å². The summed E-state index contributed by atoms with van der Waals surface area (Å²) in [5.41, 5.74) is 1.61. The van der Waals surface area contributed by atoms with E-state index >= 15 is 0 Å². The molecule has 1 aromatic heterocycles. The summed E-state index contributed by atoms with van der Waals surface area (Å²) in [5.74, 6) is 0.659. The molecule has 0 saturated heterocycles. The molecule has 0 bridgehead atoms. The summed E-state index contributed by atoms with van der Waals surface area (Å²) >= 11 is 0. The number of rotatable bonds is 4. The molecule has 2 rings (SSSR count). The Hall–Kier alpha value is -1.89. The molecule has 122 valence electrons. The summed E-state index contributed by atoms with van der Waals surface area (Å²) in [6.45, 7) is 7.87. The minimum atomic E-state index is -0.486. The Bertz CT molecular complexity index is 528. The number of fused-ring (bicyclic) bond motifs is 1. The van der Waals surface area contributed by atoms with Gasteiger partial charge in [0, 0.05) is 38.3 Å². The van der Waals surface area contributed by atoms with Crippen LogP contribution in [-0.4, -0.2) is 48.4 Å². The lowest BCUT2D eigenvalue weighted by Crippen LogP contribution is -2.37. The van der Waals surface area contributed by atoms with Crippen LogP contribution in [0.15, 0.2) is 6.20 Å². The van der Waals surface area contributed by atoms with Crippen LogP contribution in [0.2, 0.25) is 0 Å². The molecule has 22 heavy (non-hydrogen) atoms. The maximum absolute atomic E-state index is 11.6. The van der Waals surface area contributed by atoms with Gasteiger partial charge in [0.15, 0.2) is 0 Å². The molecule has 0 unspecified atom stereocenters. The van der Waals surface area contributed by atoms with Gasteiger partial charge in [-0.1, -0.05) is 0 Å². The number of ether oxygens (including phenoxy) is 2. The van der Waals surface area contributed by atoms with E-state index in [1.165, 1.54) is 0 Å². The van der Waals surface area contributed by atoms with Gasteiger partial charge in [0.1, 0.15) is 5.60 Å². The first-order chi connectivity index (χ1) is 10.3. The van der Waals surface area contributed by atoms with Crippen molar-refractivity contribution in [2.75, 3.05) is 31.6 Å². The number of alkyl carbamates (subject to hydrolysis) is 1. The lowest BCUT2D eigenvalue weighted by Gasteiger charge is -2.22. The highest BCUT2D eigenvalue weighted by atomic mass is 16.6. The molecule has 7 heteroatoms. The summed E-state index contributed by atoms with van der Waals surface area (Å²) in [5, 5.41) is 2.72. The Morgan fingerprint density at radius 3 is 3.00 bits per heavy atom. The fourth-order valence-electron chi connectivity index (χ4n) is 2.04. The Morgan fingerprint density at radius 2 is 2.27 bits per heavy atom. The molecular weight excluding hydrogens is 284 g/mol. The number of aromatic nitrogens is 2. The van der Waals surface area contributed by atoms with E-state index in [0.717, 1.165) is 17.7 Å². The van der Waals surface area contributed by atoms with Gasteiger partial charge in [-0.15, -0.1) is 0 Å². The van der Waals surface area contributed by atoms with Gasteiger partial charge in [-0.05, 0) is 20.8 Å². The van der Waals surface area contributed by atoms with E-state index in [1.807, 2.05) is 38.9 Å². The van der Waals surface area contributed by atoms with Crippen molar-refractivity contribution in [3.05, 3.63) is 17.5 Å². The number of nitrogens with one attached hydrogen (secondary N) is 1. The van der Waals surface area contributed by atoms with Crippen LogP contribution >= 0.6 is 0 Å². The first-order valence-electron chi connectivity index (χ1n) is 7.46. The average Bonchev–Trinajstić information content (AvgIpc) is 2.44. The number of nitrogens with zero attached hydrogens (tertiary/aromatic N) is 3. The molecule has 7 nitrogen and oxygen atoms in total. The molecule has 1 aliphatic rings. The smallest absolute Gasteiger partial charge is 0.407 e. The zero-order valence-electron chi connectivity index (χ0n) is 13.7. The zero-order chi connectivity index (χ0) is 16.2. The molecule has 0 spiro atoms. The lowest BCUT2D eigenvalue weighted by molar-refractivity contribution is 0.0529. The minimum absolute atomic E-state index is 0.413. The molecule has 1 aromatic rings. The van der Waals surface area contributed by atoms with Crippen molar-refractivity contribution in [3.63, 3.8) is 0 Å². The van der Waals surface area contributed by atoms with Crippen LogP contribution in [0.4, 0.5) is 10.7 Å². The predicted octanol–water partition coefficient (Wildman–Crippen LogP) is 1.51. The molecule has 1 aliphatic heterocycles. The van der Waals surface area contributed by atoms with Gasteiger partial charge in [-0.25, -0.2) is 14.8 Å². The van der Waals surface area contributed by atoms with E-state index in [4.69, 9.17) is 9.47 Å². The first kappa shape index (κ1) is 16.5. The van der Waals surface area contributed by atoms with Gasteiger partial charge in [0.25, 0.3) is 0 Å². The fraction of sp³-hybridized carbons (Fsp3) is 0.667. The van der Waals surface area contributed by atoms with Crippen molar-refractivity contribution in [2.45, 2.75) is 39.4 Å². The Labute approximate surface area is 131 Å². The van der Waals surface area contributed by atoms with Crippen LogP contribution in [-0.2, 0) is 22.5 Å². The highest BCUT2D eigenvalue weighted by molar-refractivity contribution is 5.67. The second-order valence-electron chi connectivity index (χ2n) is 6.29. The van der Waals surface area contributed by atoms with Gasteiger partial charge in [-0.2, -0.15) is 0 Å². The lowest BCUT2D eigenvalue weighted by atomic mass is 10.1. The van der Waals surface area contributed by atoms with Gasteiger partial charge in [0.2, 0.25) is 5.95 Å². The van der Waals surface area contributed by atoms with Crippen molar-refractivity contribution in [1.29, 1.82) is 0 Å². The molecule has 2 heterocycles. The third-order valence-corrected chi connectivity index (χ3v) is 3.14. The SMILES string of the molecule is CN(CCNC(=O)OC(C)(C)C)c1ncc2c(n1)CCOC2. The molecular formula is C15H24N4O3. The molecule has 0 aromatic carbocycles. The van der Waals surface area contributed by atoms with Gasteiger partial charge >= 0.3 is 6.09 Å². The van der Waals surface area contributed by atoms with Crippen LogP contribution in [0.5, 0.6) is 0 Å². The number of anilines is 1. The second-order valence-corrected chi connectivity index (χ2v) is 6.29. The van der Waals surface area contributed by atoms with E-state index in [2.05, 4.69) is 15.3 Å². The van der Waals surface area contributed by atoms with Crippen LogP contribution in [0.25, 0.3) is 0 Å². The second kappa shape index (κ2) is 6.91. The quantitative estimate of drug-likeness (QED) is 0.908. The minimum Gasteiger partial charge on any atom is -0.444 e. The Balaban J connectivity index is 1.82. The number of hydrogen-bond acceptors (Lipinski definition) is 6. The van der Waals surface area contributed by atoms with E-state index in [0.29, 0.717) is 32.3 Å². The Morgan fingerprint density at radius 1 is 1.50 bits per heavy atom. The van der Waals surface area contributed by atoms with Crippen molar-refractivity contribution in [1.82, 2.24) is 15.3 Å². The molecule has 0 fully saturated rings. The Kier molecular flexibility index (Phi) is 5.18. The van der Waals surface area contributed by atoms with Crippen LogP contribution in [0, 0.1) is 0 Å². The zero-order valence-corrected chi connectivity index (χ0v) is 13.7. The van der Waals surface area contributed by atoms with E-state index in [1.54, 1.807) is 0 Å². The maximum Gasteiger partial charge on any atom is 0.407 e. The molecule has 1 N–H and O–H groups in total. The number of amides is 1. The van der Waals surface area contributed by atoms with Crippen molar-refractivity contribution >= 4 is 12.0 Å². The average molecular weight is 308 g/mol. The number of carbonyl (C=O) groups is 1. The number of carbonyl (C=O) groups excluding carboxylic acids is 1. The largest absolute Gasteiger partial charge is 0.444 e. The molecule has 0 radical (unpaired) electrons. The van der Waals surface area contributed by atoms with Crippen molar-refractivity contribution in [2.24, 2.45) is 0 Å². The molecule has 0 aliphatic carbocycles. The third kappa shape index (κ3) is 4.84. The highest BCUT2D eigenvalue weighted by Crippen LogP contribution is 2.16. The van der Waals surface area contributed by atoms with Crippen LogP contribution in [0.1, 0.15) is 32.0 Å². The standard InChI is InChI=1S/C15H24N4O3/c1-15(2,3)22-14(20)16-6-7-19(4)13-17-9-11-10-21-8-5-12(11)18-13/h9H,5-8,10H2,1-4H3,(H,16,20). The van der Waals surface area contributed by atoms with Gasteiger partial charge < -0.3 is 19.7 Å². The first-order valence-corrected chi connectivity index (χ1v) is 7.46. The predicted molar refractivity (Wildman–Crippen MR) is 82.9 cm³/mol. The van der Waals surface area contributed by atoms with Crippen molar-refractivity contribution < 1.29 is 14.3 Å². The van der Waals surface area contributed by atoms with E-state index < -0.39 is 11.7 Å². The van der Waals surface area contributed by atoms with Gasteiger partial charge in [-0.3, -0.25) is 0 Å². The number of likely N-dealkylation sites (N-methyl/N-ethyl adjacent to an activating group) is 1. The van der Waals surface area contributed by atoms with E-state index in [9.17, 15) is 4.79 Å². The molecule has 1 amide bonds. The van der Waals surface area contributed by atoms with Crippen molar-refractivity contribution in [3.8, 4) is 0 Å². The summed E-state index contributed by atoms with van der Waals surface area (Å²) < 4.78 is 10.6. The van der Waals surface area contributed by atoms with Crippen LogP contribution < -0.4 is 10.2 Å². The summed E-state index contributed by atoms with van der Waals surface area (Å²) in [6.07, 6.45) is 2.22. The highest BCUT2D eigenvalue weighted by Gasteiger charge is 2.16. The third-order valence-electron chi connectivity index (χ3n) is 3.14. The molecule has 0 atom stereocenters. The number of hydrogen-bond donors (Lipinski definition) is 1. The van der Waals surface area contributed by atoms with Crippen LogP contribution in [0.3, 0.4) is 0 Å². The van der Waals surface area contributed by atoms with E-state index in [-0.39, 0.29) is 0 Å². The molecule has 0 saturated carbocycles. The summed E-state index contributed by atoms with van der Waals surface area (Å²) in [4.78, 5) is 22.4. The maximum atomic E-state index is 11.6.